The molecule has 0 aromatic carbocycles. The van der Waals surface area contributed by atoms with E-state index >= 15 is 0 Å². The second kappa shape index (κ2) is 3.81. The Balaban J connectivity index is 1.97. The molecule has 0 spiro atoms. The van der Waals surface area contributed by atoms with Crippen molar-refractivity contribution in [2.75, 3.05) is 5.32 Å². The standard InChI is InChI=1S/C14H13N3OS/c1-7-11-13(10-3-2-6-19-10)12-8(4-5-9(12)18)15-14(11)17-16-7/h2-3,6,13H,4-5H2,1H3,(H2,15,16,17). The number of allylic oxidation sites excluding steroid dienone is 2. The molecular weight excluding hydrogens is 258 g/mol. The van der Waals surface area contributed by atoms with Crippen LogP contribution in [0.25, 0.3) is 0 Å². The molecule has 19 heavy (non-hydrogen) atoms. The van der Waals surface area contributed by atoms with E-state index in [2.05, 4.69) is 27.0 Å². The number of carbonyl (C=O) groups is 1. The van der Waals surface area contributed by atoms with Crippen LogP contribution in [0.4, 0.5) is 5.82 Å². The van der Waals surface area contributed by atoms with Crippen LogP contribution in [0, 0.1) is 6.92 Å². The molecule has 0 saturated carbocycles. The van der Waals surface area contributed by atoms with Gasteiger partial charge in [0.25, 0.3) is 0 Å². The van der Waals surface area contributed by atoms with E-state index in [0.717, 1.165) is 34.8 Å². The second-order valence-electron chi connectivity index (χ2n) is 5.00. The lowest BCUT2D eigenvalue weighted by Gasteiger charge is -2.24. The molecule has 2 aromatic heterocycles. The van der Waals surface area contributed by atoms with Gasteiger partial charge in [0.2, 0.25) is 0 Å². The monoisotopic (exact) mass is 271 g/mol. The average molecular weight is 271 g/mol. The molecule has 5 heteroatoms. The lowest BCUT2D eigenvalue weighted by atomic mass is 9.85. The SMILES string of the molecule is Cc1[nH]nc2c1C(c1cccs1)C1=C(CCC1=O)N2. The number of Topliss-reactive ketones (excluding diaryl/α,β-unsaturated/α-hetero) is 1. The number of aromatic nitrogens is 2. The van der Waals surface area contributed by atoms with Crippen molar-refractivity contribution in [3.8, 4) is 0 Å². The molecule has 96 valence electrons. The topological polar surface area (TPSA) is 57.8 Å². The van der Waals surface area contributed by atoms with Gasteiger partial charge >= 0.3 is 0 Å². The first-order valence-electron chi connectivity index (χ1n) is 6.37. The predicted molar refractivity (Wildman–Crippen MR) is 74.4 cm³/mol. The van der Waals surface area contributed by atoms with Crippen LogP contribution in [0.2, 0.25) is 0 Å². The number of nitrogens with one attached hydrogen (secondary N) is 2. The first-order valence-corrected chi connectivity index (χ1v) is 7.25. The highest BCUT2D eigenvalue weighted by atomic mass is 32.1. The maximum Gasteiger partial charge on any atom is 0.161 e. The van der Waals surface area contributed by atoms with Gasteiger partial charge in [0.05, 0.1) is 5.92 Å². The van der Waals surface area contributed by atoms with Crippen molar-refractivity contribution < 1.29 is 4.79 Å². The van der Waals surface area contributed by atoms with Crippen molar-refractivity contribution in [1.29, 1.82) is 0 Å². The summed E-state index contributed by atoms with van der Waals surface area (Å²) in [6.45, 7) is 2.01. The highest BCUT2D eigenvalue weighted by Gasteiger charge is 2.39. The van der Waals surface area contributed by atoms with Gasteiger partial charge in [0.1, 0.15) is 0 Å². The van der Waals surface area contributed by atoms with E-state index in [4.69, 9.17) is 0 Å². The highest BCUT2D eigenvalue weighted by Crippen LogP contribution is 2.47. The summed E-state index contributed by atoms with van der Waals surface area (Å²) in [7, 11) is 0. The molecule has 0 saturated heterocycles. The fraction of sp³-hybridized carbons (Fsp3) is 0.286. The van der Waals surface area contributed by atoms with Crippen molar-refractivity contribution >= 4 is 22.9 Å². The smallest absolute Gasteiger partial charge is 0.161 e. The Morgan fingerprint density at radius 3 is 3.11 bits per heavy atom. The number of anilines is 1. The third-order valence-electron chi connectivity index (χ3n) is 3.90. The number of aromatic amines is 1. The minimum atomic E-state index is 0.0556. The molecule has 1 unspecified atom stereocenters. The maximum atomic E-state index is 12.2. The third kappa shape index (κ3) is 1.45. The Hall–Kier alpha value is -1.88. The van der Waals surface area contributed by atoms with Gasteiger partial charge in [0, 0.05) is 33.8 Å². The normalized spacial score (nSPS) is 21.3. The molecule has 1 atom stereocenters. The molecule has 4 rings (SSSR count). The van der Waals surface area contributed by atoms with Crippen LogP contribution in [-0.2, 0) is 4.79 Å². The molecule has 4 nitrogen and oxygen atoms in total. The van der Waals surface area contributed by atoms with Crippen LogP contribution in [0.15, 0.2) is 28.8 Å². The predicted octanol–water partition coefficient (Wildman–Crippen LogP) is 2.95. The van der Waals surface area contributed by atoms with Crippen LogP contribution >= 0.6 is 11.3 Å². The largest absolute Gasteiger partial charge is 0.342 e. The fourth-order valence-corrected chi connectivity index (χ4v) is 3.90. The number of hydrogen-bond donors (Lipinski definition) is 2. The number of H-pyrrole nitrogens is 1. The molecule has 1 aliphatic heterocycles. The van der Waals surface area contributed by atoms with E-state index in [1.54, 1.807) is 11.3 Å². The Labute approximate surface area is 114 Å². The lowest BCUT2D eigenvalue weighted by Crippen LogP contribution is -2.18. The first kappa shape index (κ1) is 11.0. The highest BCUT2D eigenvalue weighted by molar-refractivity contribution is 7.10. The van der Waals surface area contributed by atoms with E-state index in [0.29, 0.717) is 6.42 Å². The minimum absolute atomic E-state index is 0.0556. The summed E-state index contributed by atoms with van der Waals surface area (Å²) in [5, 5.41) is 12.7. The summed E-state index contributed by atoms with van der Waals surface area (Å²) in [6.07, 6.45) is 1.42. The number of fused-ring (bicyclic) bond motifs is 1. The molecule has 1 aliphatic carbocycles. The van der Waals surface area contributed by atoms with Crippen molar-refractivity contribution in [2.24, 2.45) is 0 Å². The Bertz CT molecular complexity index is 696. The molecule has 0 amide bonds. The van der Waals surface area contributed by atoms with Gasteiger partial charge in [-0.15, -0.1) is 11.3 Å². The Morgan fingerprint density at radius 1 is 1.42 bits per heavy atom. The molecule has 0 radical (unpaired) electrons. The summed E-state index contributed by atoms with van der Waals surface area (Å²) in [5.41, 5.74) is 4.16. The summed E-state index contributed by atoms with van der Waals surface area (Å²) >= 11 is 1.70. The summed E-state index contributed by atoms with van der Waals surface area (Å²) in [5.74, 6) is 1.21. The van der Waals surface area contributed by atoms with Crippen molar-refractivity contribution in [1.82, 2.24) is 10.2 Å². The number of aryl methyl sites for hydroxylation is 1. The summed E-state index contributed by atoms with van der Waals surface area (Å²) in [6, 6.07) is 4.14. The zero-order valence-corrected chi connectivity index (χ0v) is 11.3. The maximum absolute atomic E-state index is 12.2. The average Bonchev–Trinajstić information content (AvgIpc) is 3.10. The molecule has 2 N–H and O–H groups in total. The van der Waals surface area contributed by atoms with E-state index in [9.17, 15) is 4.79 Å². The van der Waals surface area contributed by atoms with Gasteiger partial charge in [-0.25, -0.2) is 0 Å². The summed E-state index contributed by atoms with van der Waals surface area (Å²) in [4.78, 5) is 13.5. The van der Waals surface area contributed by atoms with Crippen LogP contribution in [0.5, 0.6) is 0 Å². The number of thiophene rings is 1. The third-order valence-corrected chi connectivity index (χ3v) is 4.83. The van der Waals surface area contributed by atoms with Crippen molar-refractivity contribution in [2.45, 2.75) is 25.7 Å². The van der Waals surface area contributed by atoms with E-state index < -0.39 is 0 Å². The zero-order chi connectivity index (χ0) is 13.0. The molecule has 0 fully saturated rings. The van der Waals surface area contributed by atoms with Gasteiger partial charge in [0.15, 0.2) is 11.6 Å². The van der Waals surface area contributed by atoms with E-state index in [1.165, 1.54) is 4.88 Å². The number of ketones is 1. The summed E-state index contributed by atoms with van der Waals surface area (Å²) < 4.78 is 0. The lowest BCUT2D eigenvalue weighted by molar-refractivity contribution is -0.115. The fourth-order valence-electron chi connectivity index (χ4n) is 3.05. The number of hydrogen-bond acceptors (Lipinski definition) is 4. The van der Waals surface area contributed by atoms with Crippen LogP contribution in [0.1, 0.15) is 34.9 Å². The first-order chi connectivity index (χ1) is 9.25. The van der Waals surface area contributed by atoms with Gasteiger partial charge in [-0.05, 0) is 24.8 Å². The minimum Gasteiger partial charge on any atom is -0.342 e. The van der Waals surface area contributed by atoms with Gasteiger partial charge in [-0.1, -0.05) is 6.07 Å². The molecular formula is C14H13N3OS. The Kier molecular flexibility index (Phi) is 2.20. The van der Waals surface area contributed by atoms with E-state index in [-0.39, 0.29) is 11.7 Å². The van der Waals surface area contributed by atoms with Crippen LogP contribution in [0.3, 0.4) is 0 Å². The number of rotatable bonds is 1. The molecule has 2 aliphatic rings. The van der Waals surface area contributed by atoms with Gasteiger partial charge in [-0.3, -0.25) is 9.89 Å². The second-order valence-corrected chi connectivity index (χ2v) is 5.98. The van der Waals surface area contributed by atoms with Gasteiger partial charge < -0.3 is 5.32 Å². The molecule has 2 aromatic rings. The number of nitrogens with zero attached hydrogens (tertiary/aromatic N) is 1. The zero-order valence-electron chi connectivity index (χ0n) is 10.5. The van der Waals surface area contributed by atoms with Crippen LogP contribution in [-0.4, -0.2) is 16.0 Å². The van der Waals surface area contributed by atoms with Crippen molar-refractivity contribution in [3.63, 3.8) is 0 Å². The molecule has 0 bridgehead atoms. The van der Waals surface area contributed by atoms with E-state index in [1.807, 2.05) is 13.0 Å². The van der Waals surface area contributed by atoms with Crippen molar-refractivity contribution in [3.05, 3.63) is 44.9 Å². The molecule has 3 heterocycles. The van der Waals surface area contributed by atoms with Gasteiger partial charge in [-0.2, -0.15) is 5.10 Å². The Morgan fingerprint density at radius 2 is 2.32 bits per heavy atom. The quantitative estimate of drug-likeness (QED) is 0.838. The van der Waals surface area contributed by atoms with Crippen LogP contribution < -0.4 is 5.32 Å². The number of carbonyl (C=O) groups excluding carboxylic acids is 1.